The van der Waals surface area contributed by atoms with Crippen molar-refractivity contribution in [3.8, 4) is 0 Å². The molecule has 2 atom stereocenters. The second kappa shape index (κ2) is 4.35. The van der Waals surface area contributed by atoms with Gasteiger partial charge in [0, 0.05) is 6.26 Å². The van der Waals surface area contributed by atoms with Crippen LogP contribution in [0.25, 0.3) is 0 Å². The molecule has 0 fully saturated rings. The topological polar surface area (TPSA) is 54.4 Å². The summed E-state index contributed by atoms with van der Waals surface area (Å²) in [5.74, 6) is 0.289. The number of aliphatic hydroxyl groups excluding tert-OH is 1. The van der Waals surface area contributed by atoms with E-state index in [1.54, 1.807) is 13.8 Å². The number of benzene rings is 1. The van der Waals surface area contributed by atoms with E-state index in [-0.39, 0.29) is 5.92 Å². The van der Waals surface area contributed by atoms with Crippen molar-refractivity contribution in [3.05, 3.63) is 35.4 Å². The smallest absolute Gasteiger partial charge is 0.155 e. The lowest BCUT2D eigenvalue weighted by Gasteiger charge is -2.36. The summed E-state index contributed by atoms with van der Waals surface area (Å²) in [6, 6.07) is 8.13. The second-order valence-corrected chi connectivity index (χ2v) is 8.32. The molecular formula is C14H20O3S. The number of fused-ring (bicyclic) bond motifs is 1. The van der Waals surface area contributed by atoms with Crippen LogP contribution in [0.5, 0.6) is 0 Å². The minimum atomic E-state index is -3.26. The predicted molar refractivity (Wildman–Crippen MR) is 72.4 cm³/mol. The van der Waals surface area contributed by atoms with Gasteiger partial charge in [-0.3, -0.25) is 0 Å². The summed E-state index contributed by atoms with van der Waals surface area (Å²) in [6.45, 7) is 3.19. The van der Waals surface area contributed by atoms with Gasteiger partial charge < -0.3 is 5.11 Å². The zero-order chi connectivity index (χ0) is 13.6. The van der Waals surface area contributed by atoms with Crippen molar-refractivity contribution in [3.63, 3.8) is 0 Å². The van der Waals surface area contributed by atoms with E-state index in [1.165, 1.54) is 17.4 Å². The Morgan fingerprint density at radius 1 is 1.39 bits per heavy atom. The molecule has 4 heteroatoms. The summed E-state index contributed by atoms with van der Waals surface area (Å²) in [5, 5.41) is 10.2. The number of hydrogen-bond acceptors (Lipinski definition) is 3. The molecule has 100 valence electrons. The van der Waals surface area contributed by atoms with E-state index < -0.39 is 20.7 Å². The van der Waals surface area contributed by atoms with Gasteiger partial charge in [0.05, 0.1) is 10.9 Å². The summed E-state index contributed by atoms with van der Waals surface area (Å²) in [4.78, 5) is 0. The van der Waals surface area contributed by atoms with Gasteiger partial charge in [0.2, 0.25) is 0 Å². The molecule has 2 rings (SSSR count). The highest BCUT2D eigenvalue weighted by molar-refractivity contribution is 7.92. The van der Waals surface area contributed by atoms with E-state index in [0.717, 1.165) is 6.42 Å². The van der Waals surface area contributed by atoms with Crippen LogP contribution in [0.4, 0.5) is 0 Å². The Bertz CT molecular complexity index is 546. The molecule has 0 aromatic heterocycles. The lowest BCUT2D eigenvalue weighted by Crippen LogP contribution is -2.44. The van der Waals surface area contributed by atoms with Crippen LogP contribution in [0, 0.1) is 0 Å². The highest BCUT2D eigenvalue weighted by Gasteiger charge is 2.40. The number of rotatable bonds is 4. The molecule has 0 saturated heterocycles. The van der Waals surface area contributed by atoms with Crippen molar-refractivity contribution in [2.75, 3.05) is 6.26 Å². The van der Waals surface area contributed by atoms with Crippen molar-refractivity contribution in [2.45, 2.75) is 43.5 Å². The molecule has 0 radical (unpaired) electrons. The average Bonchev–Trinajstić information content (AvgIpc) is 2.24. The normalized spacial score (nSPS) is 21.0. The molecule has 0 heterocycles. The van der Waals surface area contributed by atoms with Crippen LogP contribution < -0.4 is 0 Å². The van der Waals surface area contributed by atoms with Gasteiger partial charge in [0.25, 0.3) is 0 Å². The van der Waals surface area contributed by atoms with Gasteiger partial charge in [0.1, 0.15) is 0 Å². The SMILES string of the molecule is CC(C)(C(O)CC1Cc2ccccc21)S(C)(=O)=O. The fourth-order valence-corrected chi connectivity index (χ4v) is 2.96. The Hall–Kier alpha value is -0.870. The van der Waals surface area contributed by atoms with Crippen LogP contribution in [0.15, 0.2) is 24.3 Å². The monoisotopic (exact) mass is 268 g/mol. The Morgan fingerprint density at radius 2 is 2.00 bits per heavy atom. The van der Waals surface area contributed by atoms with Crippen molar-refractivity contribution < 1.29 is 13.5 Å². The molecule has 18 heavy (non-hydrogen) atoms. The summed E-state index contributed by atoms with van der Waals surface area (Å²) >= 11 is 0. The molecule has 1 aromatic carbocycles. The van der Waals surface area contributed by atoms with Gasteiger partial charge in [-0.25, -0.2) is 8.42 Å². The summed E-state index contributed by atoms with van der Waals surface area (Å²) in [6.07, 6.45) is 1.81. The summed E-state index contributed by atoms with van der Waals surface area (Å²) in [5.41, 5.74) is 2.56. The van der Waals surface area contributed by atoms with Crippen LogP contribution >= 0.6 is 0 Å². The maximum absolute atomic E-state index is 11.7. The Morgan fingerprint density at radius 3 is 2.56 bits per heavy atom. The maximum Gasteiger partial charge on any atom is 0.155 e. The zero-order valence-electron chi connectivity index (χ0n) is 11.1. The lowest BCUT2D eigenvalue weighted by molar-refractivity contribution is 0.117. The van der Waals surface area contributed by atoms with E-state index >= 15 is 0 Å². The first-order valence-corrected chi connectivity index (χ1v) is 8.08. The van der Waals surface area contributed by atoms with Crippen molar-refractivity contribution in [2.24, 2.45) is 0 Å². The molecule has 1 aliphatic carbocycles. The molecule has 0 spiro atoms. The van der Waals surface area contributed by atoms with Crippen molar-refractivity contribution in [1.29, 1.82) is 0 Å². The molecular weight excluding hydrogens is 248 g/mol. The van der Waals surface area contributed by atoms with Gasteiger partial charge in [-0.2, -0.15) is 0 Å². The zero-order valence-corrected chi connectivity index (χ0v) is 11.9. The molecule has 0 saturated carbocycles. The largest absolute Gasteiger partial charge is 0.391 e. The standard InChI is InChI=1S/C14H20O3S/c1-14(2,18(3,16)17)13(15)9-11-8-10-6-4-5-7-12(10)11/h4-7,11,13,15H,8-9H2,1-3H3. The Labute approximate surface area is 109 Å². The predicted octanol–water partition coefficient (Wildman–Crippen LogP) is 1.90. The fourth-order valence-electron chi connectivity index (χ4n) is 2.37. The number of aliphatic hydroxyl groups is 1. The van der Waals surface area contributed by atoms with E-state index in [4.69, 9.17) is 0 Å². The van der Waals surface area contributed by atoms with Crippen molar-refractivity contribution >= 4 is 9.84 Å². The minimum Gasteiger partial charge on any atom is -0.391 e. The van der Waals surface area contributed by atoms with Gasteiger partial charge >= 0.3 is 0 Å². The Kier molecular flexibility index (Phi) is 3.28. The van der Waals surface area contributed by atoms with Crippen LogP contribution in [0.3, 0.4) is 0 Å². The van der Waals surface area contributed by atoms with E-state index in [2.05, 4.69) is 12.1 Å². The highest BCUT2D eigenvalue weighted by Crippen LogP contribution is 2.40. The van der Waals surface area contributed by atoms with Crippen LogP contribution in [0.2, 0.25) is 0 Å². The number of sulfone groups is 1. The lowest BCUT2D eigenvalue weighted by atomic mass is 9.74. The molecule has 0 aliphatic heterocycles. The Balaban J connectivity index is 2.09. The van der Waals surface area contributed by atoms with Gasteiger partial charge in [-0.05, 0) is 43.7 Å². The maximum atomic E-state index is 11.7. The first kappa shape index (κ1) is 13.6. The first-order valence-electron chi connectivity index (χ1n) is 6.19. The molecule has 0 amide bonds. The van der Waals surface area contributed by atoms with Crippen molar-refractivity contribution in [1.82, 2.24) is 0 Å². The third-order valence-corrected chi connectivity index (χ3v) is 6.41. The van der Waals surface area contributed by atoms with Crippen LogP contribution in [-0.4, -0.2) is 30.6 Å². The molecule has 1 aliphatic rings. The van der Waals surface area contributed by atoms with E-state index in [9.17, 15) is 13.5 Å². The first-order chi connectivity index (χ1) is 8.23. The minimum absolute atomic E-state index is 0.289. The van der Waals surface area contributed by atoms with E-state index in [1.807, 2.05) is 12.1 Å². The summed E-state index contributed by atoms with van der Waals surface area (Å²) < 4.78 is 22.2. The van der Waals surface area contributed by atoms with Crippen LogP contribution in [-0.2, 0) is 16.3 Å². The van der Waals surface area contributed by atoms with Crippen LogP contribution in [0.1, 0.15) is 37.3 Å². The summed E-state index contributed by atoms with van der Waals surface area (Å²) in [7, 11) is -3.26. The van der Waals surface area contributed by atoms with Gasteiger partial charge in [-0.15, -0.1) is 0 Å². The fraction of sp³-hybridized carbons (Fsp3) is 0.571. The quantitative estimate of drug-likeness (QED) is 0.907. The molecule has 1 N–H and O–H groups in total. The molecule has 1 aromatic rings. The third kappa shape index (κ3) is 2.19. The van der Waals surface area contributed by atoms with Gasteiger partial charge in [-0.1, -0.05) is 24.3 Å². The third-order valence-electron chi connectivity index (χ3n) is 4.23. The molecule has 0 bridgehead atoms. The van der Waals surface area contributed by atoms with Gasteiger partial charge in [0.15, 0.2) is 9.84 Å². The highest BCUT2D eigenvalue weighted by atomic mass is 32.2. The molecule has 2 unspecified atom stereocenters. The average molecular weight is 268 g/mol. The van der Waals surface area contributed by atoms with E-state index in [0.29, 0.717) is 6.42 Å². The molecule has 3 nitrogen and oxygen atoms in total. The number of hydrogen-bond donors (Lipinski definition) is 1. The second-order valence-electron chi connectivity index (χ2n) is 5.73.